The number of likely N-dealkylation sites (tertiary alicyclic amines) is 1. The van der Waals surface area contributed by atoms with Gasteiger partial charge in [0.15, 0.2) is 0 Å². The van der Waals surface area contributed by atoms with Gasteiger partial charge in [0.1, 0.15) is 0 Å². The summed E-state index contributed by atoms with van der Waals surface area (Å²) in [6.45, 7) is 9.33. The highest BCUT2D eigenvalue weighted by Gasteiger charge is 2.32. The summed E-state index contributed by atoms with van der Waals surface area (Å²) in [5.74, 6) is 0.113. The van der Waals surface area contributed by atoms with Gasteiger partial charge in [-0.1, -0.05) is 20.8 Å². The summed E-state index contributed by atoms with van der Waals surface area (Å²) in [6.07, 6.45) is 3.33. The monoisotopic (exact) mass is 212 g/mol. The van der Waals surface area contributed by atoms with E-state index >= 15 is 0 Å². The molecule has 1 amide bonds. The summed E-state index contributed by atoms with van der Waals surface area (Å²) < 4.78 is 0. The zero-order valence-electron chi connectivity index (χ0n) is 10.4. The SMILES string of the molecule is C[C@@H](N)C(=O)N1CCCC1CC(C)(C)C. The van der Waals surface area contributed by atoms with Crippen molar-refractivity contribution >= 4 is 5.91 Å². The van der Waals surface area contributed by atoms with Crippen LogP contribution < -0.4 is 5.73 Å². The van der Waals surface area contributed by atoms with E-state index in [-0.39, 0.29) is 17.4 Å². The van der Waals surface area contributed by atoms with Gasteiger partial charge in [0, 0.05) is 12.6 Å². The summed E-state index contributed by atoms with van der Waals surface area (Å²) in [7, 11) is 0. The number of carbonyl (C=O) groups excluding carboxylic acids is 1. The van der Waals surface area contributed by atoms with E-state index in [1.54, 1.807) is 6.92 Å². The highest BCUT2D eigenvalue weighted by molar-refractivity contribution is 5.81. The van der Waals surface area contributed by atoms with Crippen LogP contribution in [0, 0.1) is 5.41 Å². The molecule has 0 aromatic heterocycles. The van der Waals surface area contributed by atoms with Crippen LogP contribution in [-0.4, -0.2) is 29.4 Å². The quantitative estimate of drug-likeness (QED) is 0.758. The molecule has 1 saturated heterocycles. The molecule has 1 aliphatic rings. The van der Waals surface area contributed by atoms with Gasteiger partial charge < -0.3 is 10.6 Å². The molecule has 0 aromatic carbocycles. The Morgan fingerprint density at radius 2 is 2.13 bits per heavy atom. The minimum atomic E-state index is -0.356. The van der Waals surface area contributed by atoms with E-state index in [9.17, 15) is 4.79 Å². The van der Waals surface area contributed by atoms with Crippen molar-refractivity contribution in [2.75, 3.05) is 6.54 Å². The van der Waals surface area contributed by atoms with Gasteiger partial charge in [-0.15, -0.1) is 0 Å². The largest absolute Gasteiger partial charge is 0.338 e. The molecular weight excluding hydrogens is 188 g/mol. The maximum atomic E-state index is 11.8. The third-order valence-electron chi connectivity index (χ3n) is 2.90. The molecule has 0 saturated carbocycles. The third kappa shape index (κ3) is 3.49. The molecule has 1 unspecified atom stereocenters. The van der Waals surface area contributed by atoms with Crippen LogP contribution in [-0.2, 0) is 4.79 Å². The molecule has 1 fully saturated rings. The number of nitrogens with two attached hydrogens (primary N) is 1. The molecule has 1 heterocycles. The van der Waals surface area contributed by atoms with Crippen molar-refractivity contribution in [1.82, 2.24) is 4.90 Å². The van der Waals surface area contributed by atoms with Crippen LogP contribution in [0.15, 0.2) is 0 Å². The van der Waals surface area contributed by atoms with Gasteiger partial charge in [-0.3, -0.25) is 4.79 Å². The fourth-order valence-electron chi connectivity index (χ4n) is 2.31. The fourth-order valence-corrected chi connectivity index (χ4v) is 2.31. The summed E-state index contributed by atoms with van der Waals surface area (Å²) in [6, 6.07) is 0.0501. The second kappa shape index (κ2) is 4.52. The molecule has 1 aliphatic heterocycles. The summed E-state index contributed by atoms with van der Waals surface area (Å²) >= 11 is 0. The van der Waals surface area contributed by atoms with Gasteiger partial charge in [-0.05, 0) is 31.6 Å². The van der Waals surface area contributed by atoms with Crippen molar-refractivity contribution in [3.8, 4) is 0 Å². The topological polar surface area (TPSA) is 46.3 Å². The molecule has 2 atom stereocenters. The molecule has 2 N–H and O–H groups in total. The predicted octanol–water partition coefficient (Wildman–Crippen LogP) is 1.76. The number of hydrogen-bond donors (Lipinski definition) is 1. The van der Waals surface area contributed by atoms with E-state index < -0.39 is 0 Å². The molecule has 0 aromatic rings. The Balaban J connectivity index is 2.61. The van der Waals surface area contributed by atoms with Gasteiger partial charge >= 0.3 is 0 Å². The van der Waals surface area contributed by atoms with Crippen LogP contribution >= 0.6 is 0 Å². The average Bonchev–Trinajstić information content (AvgIpc) is 2.47. The second-order valence-electron chi connectivity index (χ2n) is 5.88. The van der Waals surface area contributed by atoms with Crippen molar-refractivity contribution in [2.24, 2.45) is 11.1 Å². The zero-order valence-corrected chi connectivity index (χ0v) is 10.4. The Kier molecular flexibility index (Phi) is 3.77. The van der Waals surface area contributed by atoms with E-state index in [1.165, 1.54) is 0 Å². The molecule has 0 aliphatic carbocycles. The average molecular weight is 212 g/mol. The van der Waals surface area contributed by atoms with Crippen LogP contribution in [0.3, 0.4) is 0 Å². The minimum absolute atomic E-state index is 0.113. The normalized spacial score (nSPS) is 24.3. The molecule has 3 heteroatoms. The molecule has 15 heavy (non-hydrogen) atoms. The van der Waals surface area contributed by atoms with E-state index in [1.807, 2.05) is 4.90 Å². The van der Waals surface area contributed by atoms with Crippen LogP contribution in [0.1, 0.15) is 47.0 Å². The smallest absolute Gasteiger partial charge is 0.239 e. The summed E-state index contributed by atoms with van der Waals surface area (Å²) in [5.41, 5.74) is 5.93. The highest BCUT2D eigenvalue weighted by Crippen LogP contribution is 2.29. The lowest BCUT2D eigenvalue weighted by Gasteiger charge is -2.31. The first-order valence-electron chi connectivity index (χ1n) is 5.87. The Morgan fingerprint density at radius 3 is 2.60 bits per heavy atom. The van der Waals surface area contributed by atoms with E-state index in [2.05, 4.69) is 20.8 Å². The summed E-state index contributed by atoms with van der Waals surface area (Å²) in [4.78, 5) is 13.8. The van der Waals surface area contributed by atoms with Crippen LogP contribution in [0.2, 0.25) is 0 Å². The highest BCUT2D eigenvalue weighted by atomic mass is 16.2. The molecule has 0 radical (unpaired) electrons. The molecule has 88 valence electrons. The lowest BCUT2D eigenvalue weighted by Crippen LogP contribution is -2.45. The zero-order chi connectivity index (χ0) is 11.6. The first-order valence-corrected chi connectivity index (χ1v) is 5.87. The predicted molar refractivity (Wildman–Crippen MR) is 62.5 cm³/mol. The number of carbonyl (C=O) groups is 1. The van der Waals surface area contributed by atoms with Gasteiger partial charge in [-0.25, -0.2) is 0 Å². The van der Waals surface area contributed by atoms with Crippen LogP contribution in [0.5, 0.6) is 0 Å². The van der Waals surface area contributed by atoms with Crippen molar-refractivity contribution in [1.29, 1.82) is 0 Å². The van der Waals surface area contributed by atoms with Crippen molar-refractivity contribution in [3.63, 3.8) is 0 Å². The number of amides is 1. The molecule has 3 nitrogen and oxygen atoms in total. The van der Waals surface area contributed by atoms with Gasteiger partial charge in [0.2, 0.25) is 5.91 Å². The van der Waals surface area contributed by atoms with Gasteiger partial charge in [0.05, 0.1) is 6.04 Å². The maximum absolute atomic E-state index is 11.8. The molecule has 0 bridgehead atoms. The van der Waals surface area contributed by atoms with Crippen molar-refractivity contribution in [3.05, 3.63) is 0 Å². The van der Waals surface area contributed by atoms with E-state index in [4.69, 9.17) is 5.73 Å². The van der Waals surface area contributed by atoms with Crippen molar-refractivity contribution in [2.45, 2.75) is 59.0 Å². The number of nitrogens with zero attached hydrogens (tertiary/aromatic N) is 1. The Bertz CT molecular complexity index is 230. The molecular formula is C12H24N2O. The lowest BCUT2D eigenvalue weighted by atomic mass is 9.87. The molecule has 1 rings (SSSR count). The standard InChI is InChI=1S/C12H24N2O/c1-9(13)11(15)14-7-5-6-10(14)8-12(2,3)4/h9-10H,5-8,13H2,1-4H3/t9-,10?/m1/s1. The third-order valence-corrected chi connectivity index (χ3v) is 2.90. The second-order valence-corrected chi connectivity index (χ2v) is 5.88. The van der Waals surface area contributed by atoms with E-state index in [0.29, 0.717) is 6.04 Å². The van der Waals surface area contributed by atoms with Crippen LogP contribution in [0.4, 0.5) is 0 Å². The van der Waals surface area contributed by atoms with Gasteiger partial charge in [0.25, 0.3) is 0 Å². The summed E-state index contributed by atoms with van der Waals surface area (Å²) in [5, 5.41) is 0. The first kappa shape index (κ1) is 12.5. The lowest BCUT2D eigenvalue weighted by molar-refractivity contribution is -0.133. The molecule has 0 spiro atoms. The fraction of sp³-hybridized carbons (Fsp3) is 0.917. The first-order chi connectivity index (χ1) is 6.81. The minimum Gasteiger partial charge on any atom is -0.338 e. The van der Waals surface area contributed by atoms with Crippen molar-refractivity contribution < 1.29 is 4.79 Å². The Morgan fingerprint density at radius 1 is 1.53 bits per heavy atom. The number of hydrogen-bond acceptors (Lipinski definition) is 2. The number of rotatable bonds is 2. The van der Waals surface area contributed by atoms with Crippen LogP contribution in [0.25, 0.3) is 0 Å². The van der Waals surface area contributed by atoms with E-state index in [0.717, 1.165) is 25.8 Å². The Labute approximate surface area is 93.0 Å². The Hall–Kier alpha value is -0.570. The van der Waals surface area contributed by atoms with Gasteiger partial charge in [-0.2, -0.15) is 0 Å². The maximum Gasteiger partial charge on any atom is 0.239 e.